The summed E-state index contributed by atoms with van der Waals surface area (Å²) in [6, 6.07) is 19.1. The number of rotatable bonds is 5. The molecular formula is C25H32IN3O. The molecule has 0 spiro atoms. The Morgan fingerprint density at radius 2 is 1.70 bits per heavy atom. The third kappa shape index (κ3) is 4.89. The van der Waals surface area contributed by atoms with Gasteiger partial charge in [-0.3, -0.25) is 4.79 Å². The first-order chi connectivity index (χ1) is 13.9. The molecular weight excluding hydrogens is 485 g/mol. The second kappa shape index (κ2) is 9.52. The highest BCUT2D eigenvalue weighted by atomic mass is 127. The van der Waals surface area contributed by atoms with Crippen molar-refractivity contribution in [2.45, 2.75) is 44.7 Å². The van der Waals surface area contributed by atoms with Gasteiger partial charge in [-0.2, -0.15) is 0 Å². The van der Waals surface area contributed by atoms with E-state index >= 15 is 0 Å². The molecule has 0 atom stereocenters. The number of para-hydroxylation sites is 1. The number of nitrogens with one attached hydrogen (secondary N) is 1. The molecule has 1 N–H and O–H groups in total. The van der Waals surface area contributed by atoms with E-state index in [1.807, 2.05) is 54.1 Å². The Morgan fingerprint density at radius 1 is 1.03 bits per heavy atom. The SMILES string of the molecule is Cn1c(C(=O)Nc2ccc(C[N+](C)(C)C3CCCCC3)cc2)cc2ccccc21.[I-]. The summed E-state index contributed by atoms with van der Waals surface area (Å²) in [7, 11) is 6.64. The zero-order valence-electron chi connectivity index (χ0n) is 18.2. The van der Waals surface area contributed by atoms with Crippen molar-refractivity contribution in [1.29, 1.82) is 0 Å². The normalized spacial score (nSPS) is 15.0. The number of hydrogen-bond donors (Lipinski definition) is 1. The Balaban J connectivity index is 0.00000256. The van der Waals surface area contributed by atoms with Gasteiger partial charge in [0.2, 0.25) is 0 Å². The Labute approximate surface area is 196 Å². The lowest BCUT2D eigenvalue weighted by molar-refractivity contribution is -0.929. The molecule has 3 aromatic rings. The number of benzene rings is 2. The molecule has 5 heteroatoms. The van der Waals surface area contributed by atoms with Crippen LogP contribution in [0.5, 0.6) is 0 Å². The molecule has 0 bridgehead atoms. The number of aromatic nitrogens is 1. The van der Waals surface area contributed by atoms with E-state index < -0.39 is 0 Å². The lowest BCUT2D eigenvalue weighted by atomic mass is 9.92. The van der Waals surface area contributed by atoms with Crippen molar-refractivity contribution in [3.8, 4) is 0 Å². The van der Waals surface area contributed by atoms with Crippen LogP contribution in [0.4, 0.5) is 5.69 Å². The van der Waals surface area contributed by atoms with Gasteiger partial charge in [-0.1, -0.05) is 36.8 Å². The number of anilines is 1. The standard InChI is InChI=1S/C25H31N3O.HI/c1-27-23-12-8-7-9-20(23)17-24(27)25(29)26-21-15-13-19(14-16-21)18-28(2,3)22-10-5-4-6-11-22;/h7-9,12-17,22H,4-6,10-11,18H2,1-3H3;1H. The van der Waals surface area contributed by atoms with Gasteiger partial charge < -0.3 is 38.3 Å². The maximum absolute atomic E-state index is 12.8. The molecule has 1 amide bonds. The average molecular weight is 517 g/mol. The van der Waals surface area contributed by atoms with Gasteiger partial charge in [0.1, 0.15) is 12.2 Å². The van der Waals surface area contributed by atoms with E-state index in [9.17, 15) is 4.79 Å². The predicted octanol–water partition coefficient (Wildman–Crippen LogP) is 2.34. The van der Waals surface area contributed by atoms with Crippen molar-refractivity contribution in [3.63, 3.8) is 0 Å². The molecule has 0 radical (unpaired) electrons. The van der Waals surface area contributed by atoms with Crippen LogP contribution in [-0.4, -0.2) is 35.1 Å². The summed E-state index contributed by atoms with van der Waals surface area (Å²) < 4.78 is 2.99. The first-order valence-corrected chi connectivity index (χ1v) is 10.7. The topological polar surface area (TPSA) is 34.0 Å². The number of carbonyl (C=O) groups excluding carboxylic acids is 1. The summed E-state index contributed by atoms with van der Waals surface area (Å²) in [5.41, 5.74) is 3.90. The average Bonchev–Trinajstić information content (AvgIpc) is 3.07. The van der Waals surface area contributed by atoms with Crippen LogP contribution in [0.15, 0.2) is 54.6 Å². The fourth-order valence-electron chi connectivity index (χ4n) is 4.78. The van der Waals surface area contributed by atoms with Gasteiger partial charge in [0.15, 0.2) is 0 Å². The van der Waals surface area contributed by atoms with Crippen LogP contribution in [0, 0.1) is 0 Å². The smallest absolute Gasteiger partial charge is 0.272 e. The predicted molar refractivity (Wildman–Crippen MR) is 120 cm³/mol. The minimum absolute atomic E-state index is 0. The Kier molecular flexibility index (Phi) is 7.24. The number of aryl methyl sites for hydroxylation is 1. The zero-order chi connectivity index (χ0) is 20.4. The zero-order valence-corrected chi connectivity index (χ0v) is 20.4. The van der Waals surface area contributed by atoms with Gasteiger partial charge in [0.25, 0.3) is 5.91 Å². The van der Waals surface area contributed by atoms with Gasteiger partial charge >= 0.3 is 0 Å². The fourth-order valence-corrected chi connectivity index (χ4v) is 4.78. The van der Waals surface area contributed by atoms with Crippen LogP contribution in [0.1, 0.15) is 48.2 Å². The minimum atomic E-state index is -0.0743. The summed E-state index contributed by atoms with van der Waals surface area (Å²) in [5.74, 6) is -0.0743. The Morgan fingerprint density at radius 3 is 2.37 bits per heavy atom. The maximum atomic E-state index is 12.8. The third-order valence-corrected chi connectivity index (χ3v) is 6.55. The lowest BCUT2D eigenvalue weighted by Gasteiger charge is -2.40. The number of quaternary nitrogens is 1. The fraction of sp³-hybridized carbons (Fsp3) is 0.400. The minimum Gasteiger partial charge on any atom is -1.00 e. The van der Waals surface area contributed by atoms with Crippen molar-refractivity contribution < 1.29 is 33.3 Å². The van der Waals surface area contributed by atoms with E-state index in [4.69, 9.17) is 0 Å². The summed E-state index contributed by atoms with van der Waals surface area (Å²) in [5, 5.41) is 4.13. The molecule has 0 unspecified atom stereocenters. The van der Waals surface area contributed by atoms with E-state index in [0.29, 0.717) is 5.69 Å². The molecule has 1 aliphatic rings. The molecule has 1 aromatic heterocycles. The molecule has 4 nitrogen and oxygen atoms in total. The van der Waals surface area contributed by atoms with Crippen LogP contribution in [0.3, 0.4) is 0 Å². The van der Waals surface area contributed by atoms with E-state index in [1.54, 1.807) is 0 Å². The molecule has 1 fully saturated rings. The first kappa shape index (κ1) is 22.8. The summed E-state index contributed by atoms with van der Waals surface area (Å²) in [4.78, 5) is 12.8. The van der Waals surface area contributed by atoms with Gasteiger partial charge in [-0.05, 0) is 49.9 Å². The van der Waals surface area contributed by atoms with Crippen molar-refractivity contribution >= 4 is 22.5 Å². The highest BCUT2D eigenvalue weighted by Crippen LogP contribution is 2.28. The molecule has 1 aliphatic carbocycles. The van der Waals surface area contributed by atoms with Gasteiger partial charge in [0.05, 0.1) is 20.1 Å². The van der Waals surface area contributed by atoms with E-state index in [1.165, 1.54) is 37.7 Å². The van der Waals surface area contributed by atoms with Crippen LogP contribution in [0.25, 0.3) is 10.9 Å². The van der Waals surface area contributed by atoms with Crippen LogP contribution in [-0.2, 0) is 13.6 Å². The molecule has 0 saturated heterocycles. The van der Waals surface area contributed by atoms with Crippen molar-refractivity contribution in [2.75, 3.05) is 19.4 Å². The van der Waals surface area contributed by atoms with Crippen molar-refractivity contribution in [2.24, 2.45) is 7.05 Å². The number of hydrogen-bond acceptors (Lipinski definition) is 1. The second-order valence-corrected chi connectivity index (χ2v) is 9.03. The third-order valence-electron chi connectivity index (χ3n) is 6.55. The summed E-state index contributed by atoms with van der Waals surface area (Å²) in [6.45, 7) is 1.03. The van der Waals surface area contributed by atoms with Crippen LogP contribution >= 0.6 is 0 Å². The number of nitrogens with zero attached hydrogens (tertiary/aromatic N) is 2. The van der Waals surface area contributed by atoms with E-state index in [0.717, 1.165) is 33.7 Å². The van der Waals surface area contributed by atoms with E-state index in [2.05, 4.69) is 31.5 Å². The molecule has 0 aliphatic heterocycles. The second-order valence-electron chi connectivity index (χ2n) is 9.03. The number of carbonyl (C=O) groups is 1. The maximum Gasteiger partial charge on any atom is 0.272 e. The van der Waals surface area contributed by atoms with Crippen LogP contribution < -0.4 is 29.3 Å². The van der Waals surface area contributed by atoms with Gasteiger partial charge in [-0.25, -0.2) is 0 Å². The highest BCUT2D eigenvalue weighted by Gasteiger charge is 2.29. The first-order valence-electron chi connectivity index (χ1n) is 10.7. The Hall–Kier alpha value is -1.86. The molecule has 4 rings (SSSR count). The van der Waals surface area contributed by atoms with Gasteiger partial charge in [-0.15, -0.1) is 0 Å². The van der Waals surface area contributed by atoms with E-state index in [-0.39, 0.29) is 29.9 Å². The van der Waals surface area contributed by atoms with Crippen LogP contribution in [0.2, 0.25) is 0 Å². The molecule has 2 aromatic carbocycles. The largest absolute Gasteiger partial charge is 1.00 e. The molecule has 160 valence electrons. The van der Waals surface area contributed by atoms with Crippen molar-refractivity contribution in [3.05, 3.63) is 65.9 Å². The number of fused-ring (bicyclic) bond motifs is 1. The summed E-state index contributed by atoms with van der Waals surface area (Å²) in [6.07, 6.45) is 6.80. The molecule has 1 heterocycles. The monoisotopic (exact) mass is 517 g/mol. The molecule has 1 saturated carbocycles. The quantitative estimate of drug-likeness (QED) is 0.410. The number of halogens is 1. The molecule has 30 heavy (non-hydrogen) atoms. The lowest BCUT2D eigenvalue weighted by Crippen LogP contribution is -3.00. The van der Waals surface area contributed by atoms with Crippen molar-refractivity contribution in [1.82, 2.24) is 4.57 Å². The Bertz CT molecular complexity index is 1000. The highest BCUT2D eigenvalue weighted by molar-refractivity contribution is 6.06. The van der Waals surface area contributed by atoms with Gasteiger partial charge in [0, 0.05) is 29.2 Å². The summed E-state index contributed by atoms with van der Waals surface area (Å²) >= 11 is 0. The number of amides is 1.